The second-order valence-corrected chi connectivity index (χ2v) is 3.90. The standard InChI is InChI=1S/C10H17NO2/c1-3-8(2)9(12)10(6-11)4-5-13-7-10/h8-9,12H,3-5,7H2,1-2H3. The van der Waals surface area contributed by atoms with Crippen LogP contribution in [0.15, 0.2) is 0 Å². The third-order valence-electron chi connectivity index (χ3n) is 3.02. The Morgan fingerprint density at radius 1 is 1.69 bits per heavy atom. The molecule has 0 radical (unpaired) electrons. The van der Waals surface area contributed by atoms with Crippen LogP contribution in [0.2, 0.25) is 0 Å². The summed E-state index contributed by atoms with van der Waals surface area (Å²) in [5, 5.41) is 19.0. The van der Waals surface area contributed by atoms with Gasteiger partial charge in [-0.15, -0.1) is 0 Å². The van der Waals surface area contributed by atoms with Crippen LogP contribution in [0, 0.1) is 22.7 Å². The Kier molecular flexibility index (Phi) is 3.29. The minimum absolute atomic E-state index is 0.168. The fourth-order valence-corrected chi connectivity index (χ4v) is 1.74. The molecule has 0 bridgehead atoms. The Bertz CT molecular complexity index is 203. The van der Waals surface area contributed by atoms with Crippen LogP contribution in [0.25, 0.3) is 0 Å². The molecule has 0 saturated carbocycles. The molecule has 1 fully saturated rings. The van der Waals surface area contributed by atoms with Gasteiger partial charge in [-0.05, 0) is 12.3 Å². The minimum atomic E-state index is -0.643. The molecule has 1 heterocycles. The average molecular weight is 183 g/mol. The van der Waals surface area contributed by atoms with Gasteiger partial charge in [-0.1, -0.05) is 20.3 Å². The third-order valence-corrected chi connectivity index (χ3v) is 3.02. The molecule has 1 N–H and O–H groups in total. The Morgan fingerprint density at radius 2 is 2.38 bits per heavy atom. The lowest BCUT2D eigenvalue weighted by atomic mass is 9.77. The molecule has 13 heavy (non-hydrogen) atoms. The van der Waals surface area contributed by atoms with Crippen molar-refractivity contribution in [3.05, 3.63) is 0 Å². The van der Waals surface area contributed by atoms with Gasteiger partial charge >= 0.3 is 0 Å². The van der Waals surface area contributed by atoms with Crippen LogP contribution >= 0.6 is 0 Å². The highest BCUT2D eigenvalue weighted by Gasteiger charge is 2.43. The number of ether oxygens (including phenoxy) is 1. The number of nitriles is 1. The topological polar surface area (TPSA) is 53.2 Å². The van der Waals surface area contributed by atoms with E-state index in [0.29, 0.717) is 19.6 Å². The van der Waals surface area contributed by atoms with Crippen molar-refractivity contribution in [2.75, 3.05) is 13.2 Å². The highest BCUT2D eigenvalue weighted by molar-refractivity contribution is 5.06. The first-order chi connectivity index (χ1) is 6.16. The van der Waals surface area contributed by atoms with Crippen LogP contribution in [-0.4, -0.2) is 24.4 Å². The second kappa shape index (κ2) is 4.08. The maximum atomic E-state index is 9.97. The molecule has 0 aliphatic carbocycles. The van der Waals surface area contributed by atoms with Crippen molar-refractivity contribution in [3.63, 3.8) is 0 Å². The van der Waals surface area contributed by atoms with Crippen molar-refractivity contribution in [3.8, 4) is 6.07 Å². The van der Waals surface area contributed by atoms with Gasteiger partial charge in [0, 0.05) is 6.61 Å². The maximum Gasteiger partial charge on any atom is 0.109 e. The summed E-state index contributed by atoms with van der Waals surface area (Å²) in [6.45, 7) is 4.98. The summed E-state index contributed by atoms with van der Waals surface area (Å²) in [7, 11) is 0. The lowest BCUT2D eigenvalue weighted by Gasteiger charge is -2.29. The molecule has 74 valence electrons. The van der Waals surface area contributed by atoms with Gasteiger partial charge in [0.05, 0.1) is 18.8 Å². The quantitative estimate of drug-likeness (QED) is 0.718. The Balaban J connectivity index is 2.71. The van der Waals surface area contributed by atoms with E-state index in [-0.39, 0.29) is 5.92 Å². The lowest BCUT2D eigenvalue weighted by molar-refractivity contribution is 0.0112. The molecular weight excluding hydrogens is 166 g/mol. The first kappa shape index (κ1) is 10.5. The fourth-order valence-electron chi connectivity index (χ4n) is 1.74. The summed E-state index contributed by atoms with van der Waals surface area (Å²) in [5.74, 6) is 0.168. The van der Waals surface area contributed by atoms with E-state index in [2.05, 4.69) is 6.07 Å². The van der Waals surface area contributed by atoms with Crippen LogP contribution in [0.1, 0.15) is 26.7 Å². The summed E-state index contributed by atoms with van der Waals surface area (Å²) in [5.41, 5.74) is -0.643. The van der Waals surface area contributed by atoms with E-state index in [0.717, 1.165) is 6.42 Å². The number of aliphatic hydroxyl groups excluding tert-OH is 1. The van der Waals surface area contributed by atoms with Gasteiger partial charge in [0.1, 0.15) is 5.41 Å². The molecular formula is C10H17NO2. The van der Waals surface area contributed by atoms with Crippen molar-refractivity contribution in [1.82, 2.24) is 0 Å². The summed E-state index contributed by atoms with van der Waals surface area (Å²) < 4.78 is 5.18. The average Bonchev–Trinajstić information content (AvgIpc) is 2.65. The van der Waals surface area contributed by atoms with E-state index in [4.69, 9.17) is 10.00 Å². The van der Waals surface area contributed by atoms with E-state index >= 15 is 0 Å². The zero-order chi connectivity index (χ0) is 9.90. The zero-order valence-corrected chi connectivity index (χ0v) is 8.29. The van der Waals surface area contributed by atoms with Gasteiger partial charge < -0.3 is 9.84 Å². The summed E-state index contributed by atoms with van der Waals surface area (Å²) in [6.07, 6.45) is 1.00. The fraction of sp³-hybridized carbons (Fsp3) is 0.900. The van der Waals surface area contributed by atoms with Crippen molar-refractivity contribution in [1.29, 1.82) is 5.26 Å². The van der Waals surface area contributed by atoms with E-state index in [1.165, 1.54) is 0 Å². The number of hydrogen-bond donors (Lipinski definition) is 1. The first-order valence-electron chi connectivity index (χ1n) is 4.83. The summed E-state index contributed by atoms with van der Waals surface area (Å²) in [4.78, 5) is 0. The maximum absolute atomic E-state index is 9.97. The third kappa shape index (κ3) is 1.84. The van der Waals surface area contributed by atoms with E-state index in [9.17, 15) is 5.11 Å². The molecule has 0 aromatic carbocycles. The molecule has 3 atom stereocenters. The Morgan fingerprint density at radius 3 is 2.77 bits per heavy atom. The molecule has 0 amide bonds. The van der Waals surface area contributed by atoms with Crippen LogP contribution in [0.3, 0.4) is 0 Å². The molecule has 1 aliphatic rings. The van der Waals surface area contributed by atoms with Gasteiger partial charge in [-0.3, -0.25) is 0 Å². The predicted octanol–water partition coefficient (Wildman–Crippen LogP) is 1.32. The molecule has 1 rings (SSSR count). The Labute approximate surface area is 79.3 Å². The van der Waals surface area contributed by atoms with Crippen LogP contribution in [0.4, 0.5) is 0 Å². The lowest BCUT2D eigenvalue weighted by Crippen LogP contribution is -2.38. The summed E-state index contributed by atoms with van der Waals surface area (Å²) >= 11 is 0. The molecule has 3 nitrogen and oxygen atoms in total. The van der Waals surface area contributed by atoms with Gasteiger partial charge in [0.15, 0.2) is 0 Å². The molecule has 3 unspecified atom stereocenters. The predicted molar refractivity (Wildman–Crippen MR) is 48.9 cm³/mol. The Hall–Kier alpha value is -0.590. The van der Waals surface area contributed by atoms with E-state index < -0.39 is 11.5 Å². The molecule has 0 spiro atoms. The number of hydrogen-bond acceptors (Lipinski definition) is 3. The van der Waals surface area contributed by atoms with E-state index in [1.807, 2.05) is 13.8 Å². The monoisotopic (exact) mass is 183 g/mol. The van der Waals surface area contributed by atoms with Gasteiger partial charge in [-0.25, -0.2) is 0 Å². The molecule has 0 aromatic heterocycles. The number of rotatable bonds is 3. The van der Waals surface area contributed by atoms with Crippen LogP contribution < -0.4 is 0 Å². The second-order valence-electron chi connectivity index (χ2n) is 3.90. The van der Waals surface area contributed by atoms with Gasteiger partial charge in [0.2, 0.25) is 0 Å². The highest BCUT2D eigenvalue weighted by Crippen LogP contribution is 2.35. The van der Waals surface area contributed by atoms with Gasteiger partial charge in [-0.2, -0.15) is 5.26 Å². The van der Waals surface area contributed by atoms with Crippen molar-refractivity contribution >= 4 is 0 Å². The summed E-state index contributed by atoms with van der Waals surface area (Å²) in [6, 6.07) is 2.22. The van der Waals surface area contributed by atoms with Crippen molar-refractivity contribution < 1.29 is 9.84 Å². The number of aliphatic hydroxyl groups is 1. The minimum Gasteiger partial charge on any atom is -0.391 e. The van der Waals surface area contributed by atoms with Crippen molar-refractivity contribution in [2.45, 2.75) is 32.8 Å². The van der Waals surface area contributed by atoms with Gasteiger partial charge in [0.25, 0.3) is 0 Å². The smallest absolute Gasteiger partial charge is 0.109 e. The normalized spacial score (nSPS) is 32.5. The molecule has 3 heteroatoms. The van der Waals surface area contributed by atoms with Crippen LogP contribution in [0.5, 0.6) is 0 Å². The molecule has 1 saturated heterocycles. The van der Waals surface area contributed by atoms with E-state index in [1.54, 1.807) is 0 Å². The molecule has 0 aromatic rings. The highest BCUT2D eigenvalue weighted by atomic mass is 16.5. The molecule has 1 aliphatic heterocycles. The number of nitrogens with zero attached hydrogens (tertiary/aromatic N) is 1. The zero-order valence-electron chi connectivity index (χ0n) is 8.29. The van der Waals surface area contributed by atoms with Crippen molar-refractivity contribution in [2.24, 2.45) is 11.3 Å². The van der Waals surface area contributed by atoms with Crippen LogP contribution in [-0.2, 0) is 4.74 Å². The SMILES string of the molecule is CCC(C)C(O)C1(C#N)CCOC1. The largest absolute Gasteiger partial charge is 0.391 e. The first-order valence-corrected chi connectivity index (χ1v) is 4.83.